The molecule has 176 valence electrons. The van der Waals surface area contributed by atoms with Gasteiger partial charge in [0.2, 0.25) is 0 Å². The number of rotatable bonds is 9. The maximum absolute atomic E-state index is 14.3. The fourth-order valence-corrected chi connectivity index (χ4v) is 3.55. The van der Waals surface area contributed by atoms with Crippen LogP contribution in [0.2, 0.25) is 0 Å². The van der Waals surface area contributed by atoms with Crippen LogP contribution in [0.4, 0.5) is 20.3 Å². The number of aromatic nitrogens is 3. The lowest BCUT2D eigenvalue weighted by atomic mass is 10.1. The number of fused-ring (bicyclic) bond motifs is 1. The molecule has 4 N–H and O–H groups in total. The highest BCUT2D eigenvalue weighted by molar-refractivity contribution is 5.96. The second-order valence-corrected chi connectivity index (χ2v) is 7.55. The number of ether oxygens (including phenoxy) is 1. The average molecular weight is 466 g/mol. The molecule has 0 spiro atoms. The molecular formula is C24H24F2N6O2. The Bertz CT molecular complexity index is 1320. The lowest BCUT2D eigenvalue weighted by Crippen LogP contribution is -2.28. The number of hydrogen-bond donors (Lipinski definition) is 3. The quantitative estimate of drug-likeness (QED) is 0.326. The minimum Gasteiger partial charge on any atom is -0.378 e. The molecule has 0 radical (unpaired) electrons. The number of halogens is 2. The van der Waals surface area contributed by atoms with E-state index in [0.717, 1.165) is 11.6 Å². The van der Waals surface area contributed by atoms with Crippen molar-refractivity contribution >= 4 is 23.1 Å². The van der Waals surface area contributed by atoms with E-state index in [1.807, 2.05) is 13.0 Å². The van der Waals surface area contributed by atoms with E-state index in [1.165, 1.54) is 18.3 Å². The molecule has 2 heterocycles. The highest BCUT2D eigenvalue weighted by atomic mass is 19.1. The van der Waals surface area contributed by atoms with E-state index in [4.69, 9.17) is 10.5 Å². The predicted molar refractivity (Wildman–Crippen MR) is 125 cm³/mol. The van der Waals surface area contributed by atoms with Crippen molar-refractivity contribution in [3.8, 4) is 11.3 Å². The highest BCUT2D eigenvalue weighted by Crippen LogP contribution is 2.28. The first-order chi connectivity index (χ1) is 16.5. The average Bonchev–Trinajstić information content (AvgIpc) is 3.24. The number of hydrogen-bond acceptors (Lipinski definition) is 6. The normalized spacial score (nSPS) is 11.1. The fraction of sp³-hybridized carbons (Fsp3) is 0.208. The summed E-state index contributed by atoms with van der Waals surface area (Å²) in [6, 6.07) is 8.72. The van der Waals surface area contributed by atoms with Crippen LogP contribution in [0.3, 0.4) is 0 Å². The van der Waals surface area contributed by atoms with Crippen LogP contribution in [0.1, 0.15) is 15.9 Å². The van der Waals surface area contributed by atoms with Gasteiger partial charge in [0.1, 0.15) is 11.6 Å². The Labute approximate surface area is 194 Å². The van der Waals surface area contributed by atoms with Crippen molar-refractivity contribution in [2.45, 2.75) is 6.92 Å². The van der Waals surface area contributed by atoms with Crippen molar-refractivity contribution < 1.29 is 18.3 Å². The number of imidazole rings is 1. The van der Waals surface area contributed by atoms with Crippen LogP contribution in [0, 0.1) is 18.6 Å². The van der Waals surface area contributed by atoms with E-state index in [0.29, 0.717) is 54.7 Å². The summed E-state index contributed by atoms with van der Waals surface area (Å²) in [7, 11) is 0. The molecule has 0 saturated heterocycles. The van der Waals surface area contributed by atoms with Gasteiger partial charge in [0.25, 0.3) is 5.91 Å². The van der Waals surface area contributed by atoms with Gasteiger partial charge in [-0.2, -0.15) is 0 Å². The molecule has 2 aromatic heterocycles. The zero-order chi connectivity index (χ0) is 24.1. The van der Waals surface area contributed by atoms with Crippen LogP contribution in [-0.2, 0) is 4.74 Å². The first-order valence-electron chi connectivity index (χ1n) is 10.7. The van der Waals surface area contributed by atoms with E-state index in [9.17, 15) is 13.6 Å². The van der Waals surface area contributed by atoms with Gasteiger partial charge in [-0.15, -0.1) is 0 Å². The number of carbonyl (C=O) groups excluding carboxylic acids is 1. The van der Waals surface area contributed by atoms with E-state index in [-0.39, 0.29) is 11.5 Å². The molecule has 1 amide bonds. The number of nitrogens with zero attached hydrogens (tertiary/aromatic N) is 3. The monoisotopic (exact) mass is 466 g/mol. The van der Waals surface area contributed by atoms with Crippen molar-refractivity contribution in [2.24, 2.45) is 5.73 Å². The number of amides is 1. The Morgan fingerprint density at radius 2 is 2.00 bits per heavy atom. The SMILES string of the molecule is Cc1cc(Nc2nccn3c(-c4ccc(F)cc4F)cnc23)ccc1C(=O)NCCOCCN. The number of aryl methyl sites for hydroxylation is 1. The van der Waals surface area contributed by atoms with Gasteiger partial charge in [-0.05, 0) is 42.8 Å². The summed E-state index contributed by atoms with van der Waals surface area (Å²) in [5, 5.41) is 6.01. The molecule has 0 aliphatic rings. The van der Waals surface area contributed by atoms with Gasteiger partial charge >= 0.3 is 0 Å². The largest absolute Gasteiger partial charge is 0.378 e. The van der Waals surface area contributed by atoms with Gasteiger partial charge in [-0.1, -0.05) is 0 Å². The number of anilines is 2. The number of nitrogens with one attached hydrogen (secondary N) is 2. The minimum atomic E-state index is -0.677. The second-order valence-electron chi connectivity index (χ2n) is 7.55. The molecule has 0 saturated carbocycles. The summed E-state index contributed by atoms with van der Waals surface area (Å²) in [4.78, 5) is 21.2. The van der Waals surface area contributed by atoms with Crippen molar-refractivity contribution in [3.63, 3.8) is 0 Å². The third-order valence-corrected chi connectivity index (χ3v) is 5.16. The van der Waals surface area contributed by atoms with Gasteiger partial charge in [0.05, 0.1) is 25.1 Å². The Morgan fingerprint density at radius 3 is 2.76 bits per heavy atom. The molecule has 0 unspecified atom stereocenters. The first-order valence-corrected chi connectivity index (χ1v) is 10.7. The standard InChI is InChI=1S/C24H24F2N6O2/c1-15-12-17(3-5-18(15)24(33)29-8-11-34-10-6-27)31-22-23-30-14-21(32(23)9-7-28-22)19-4-2-16(25)13-20(19)26/h2-5,7,9,12-14H,6,8,10-11,27H2,1H3,(H,28,31)(H,29,33). The van der Waals surface area contributed by atoms with Crippen molar-refractivity contribution in [3.05, 3.63) is 77.8 Å². The summed E-state index contributed by atoms with van der Waals surface area (Å²) in [5.74, 6) is -1.07. The van der Waals surface area contributed by atoms with Crippen LogP contribution in [0.25, 0.3) is 16.9 Å². The summed E-state index contributed by atoms with van der Waals surface area (Å²) >= 11 is 0. The molecule has 0 atom stereocenters. The van der Waals surface area contributed by atoms with Gasteiger partial charge in [0.15, 0.2) is 11.5 Å². The molecule has 34 heavy (non-hydrogen) atoms. The maximum Gasteiger partial charge on any atom is 0.251 e. The Balaban J connectivity index is 1.52. The Kier molecular flexibility index (Phi) is 7.09. The lowest BCUT2D eigenvalue weighted by Gasteiger charge is -2.12. The molecule has 2 aromatic carbocycles. The lowest BCUT2D eigenvalue weighted by molar-refractivity contribution is 0.0919. The molecular weight excluding hydrogens is 442 g/mol. The van der Waals surface area contributed by atoms with Crippen LogP contribution < -0.4 is 16.4 Å². The zero-order valence-corrected chi connectivity index (χ0v) is 18.5. The zero-order valence-electron chi connectivity index (χ0n) is 18.5. The molecule has 0 fully saturated rings. The Hall–Kier alpha value is -3.89. The molecule has 4 rings (SSSR count). The van der Waals surface area contributed by atoms with Crippen LogP contribution in [-0.4, -0.2) is 46.6 Å². The van der Waals surface area contributed by atoms with Crippen molar-refractivity contribution in [1.82, 2.24) is 19.7 Å². The van der Waals surface area contributed by atoms with E-state index in [2.05, 4.69) is 20.6 Å². The van der Waals surface area contributed by atoms with Gasteiger partial charge in [-0.25, -0.2) is 18.7 Å². The second kappa shape index (κ2) is 10.4. The van der Waals surface area contributed by atoms with Crippen molar-refractivity contribution in [2.75, 3.05) is 31.6 Å². The summed E-state index contributed by atoms with van der Waals surface area (Å²) < 4.78 is 34.6. The molecule has 8 nitrogen and oxygen atoms in total. The molecule has 0 bridgehead atoms. The van der Waals surface area contributed by atoms with E-state index < -0.39 is 11.6 Å². The Morgan fingerprint density at radius 1 is 1.15 bits per heavy atom. The summed E-state index contributed by atoms with van der Waals surface area (Å²) in [6.45, 7) is 3.51. The molecule has 4 aromatic rings. The molecule has 0 aliphatic heterocycles. The summed E-state index contributed by atoms with van der Waals surface area (Å²) in [5.41, 5.74) is 8.56. The smallest absolute Gasteiger partial charge is 0.251 e. The third-order valence-electron chi connectivity index (χ3n) is 5.16. The highest BCUT2D eigenvalue weighted by Gasteiger charge is 2.15. The van der Waals surface area contributed by atoms with Crippen LogP contribution >= 0.6 is 0 Å². The van der Waals surface area contributed by atoms with E-state index in [1.54, 1.807) is 28.9 Å². The van der Waals surface area contributed by atoms with Crippen molar-refractivity contribution in [1.29, 1.82) is 0 Å². The number of benzene rings is 2. The van der Waals surface area contributed by atoms with Gasteiger partial charge < -0.3 is 21.1 Å². The van der Waals surface area contributed by atoms with Crippen LogP contribution in [0.15, 0.2) is 55.0 Å². The molecule has 10 heteroatoms. The topological polar surface area (TPSA) is 107 Å². The number of nitrogens with two attached hydrogens (primary N) is 1. The van der Waals surface area contributed by atoms with Gasteiger partial charge in [0, 0.05) is 48.4 Å². The van der Waals surface area contributed by atoms with Crippen LogP contribution in [0.5, 0.6) is 0 Å². The fourth-order valence-electron chi connectivity index (χ4n) is 3.55. The number of carbonyl (C=O) groups is 1. The van der Waals surface area contributed by atoms with E-state index >= 15 is 0 Å². The third kappa shape index (κ3) is 5.03. The maximum atomic E-state index is 14.3. The minimum absolute atomic E-state index is 0.195. The first kappa shape index (κ1) is 23.3. The van der Waals surface area contributed by atoms with Gasteiger partial charge in [-0.3, -0.25) is 9.20 Å². The molecule has 0 aliphatic carbocycles. The summed E-state index contributed by atoms with van der Waals surface area (Å²) in [6.07, 6.45) is 4.72. The predicted octanol–water partition coefficient (Wildman–Crippen LogP) is 3.43.